The summed E-state index contributed by atoms with van der Waals surface area (Å²) in [4.78, 5) is 12.4. The van der Waals surface area contributed by atoms with E-state index in [1.807, 2.05) is 7.05 Å². The lowest BCUT2D eigenvalue weighted by atomic mass is 10.2. The summed E-state index contributed by atoms with van der Waals surface area (Å²) in [6.07, 6.45) is 3.77. The fraction of sp³-hybridized carbons (Fsp3) is 0.857. The molecule has 3 unspecified atom stereocenters. The van der Waals surface area contributed by atoms with Gasteiger partial charge in [-0.25, -0.2) is 0 Å². The van der Waals surface area contributed by atoms with Gasteiger partial charge in [0.2, 0.25) is 0 Å². The monoisotopic (exact) mass is 125 g/mol. The van der Waals surface area contributed by atoms with E-state index in [2.05, 4.69) is 4.90 Å². The molecule has 0 aromatic heterocycles. The zero-order chi connectivity index (χ0) is 6.43. The lowest BCUT2D eigenvalue weighted by Crippen LogP contribution is -1.95. The summed E-state index contributed by atoms with van der Waals surface area (Å²) < 4.78 is 0. The highest BCUT2D eigenvalue weighted by Crippen LogP contribution is 2.44. The van der Waals surface area contributed by atoms with Crippen LogP contribution in [-0.2, 0) is 4.79 Å². The van der Waals surface area contributed by atoms with Crippen LogP contribution in [0.25, 0.3) is 0 Å². The predicted octanol–water partition coefficient (Wildman–Crippen LogP) is 0.278. The van der Waals surface area contributed by atoms with E-state index >= 15 is 0 Å². The van der Waals surface area contributed by atoms with E-state index in [0.29, 0.717) is 6.04 Å². The number of rotatable bonds is 2. The van der Waals surface area contributed by atoms with E-state index in [1.54, 1.807) is 0 Å². The highest BCUT2D eigenvalue weighted by molar-refractivity contribution is 5.64. The number of nitrogens with zero attached hydrogens (tertiary/aromatic N) is 1. The molecule has 1 aliphatic carbocycles. The van der Waals surface area contributed by atoms with E-state index < -0.39 is 0 Å². The summed E-state index contributed by atoms with van der Waals surface area (Å²) >= 11 is 0. The molecule has 3 atom stereocenters. The lowest BCUT2D eigenvalue weighted by molar-refractivity contribution is -0.108. The van der Waals surface area contributed by atoms with E-state index in [0.717, 1.165) is 12.2 Å². The second kappa shape index (κ2) is 1.57. The summed E-state index contributed by atoms with van der Waals surface area (Å²) in [5.41, 5.74) is 0. The summed E-state index contributed by atoms with van der Waals surface area (Å²) in [6, 6.07) is 0.903. The molecule has 50 valence electrons. The minimum absolute atomic E-state index is 0.275. The van der Waals surface area contributed by atoms with Crippen LogP contribution in [0, 0.1) is 5.92 Å². The van der Waals surface area contributed by atoms with E-state index in [4.69, 9.17) is 0 Å². The number of hydrogen-bond acceptors (Lipinski definition) is 2. The first-order valence-corrected chi connectivity index (χ1v) is 3.52. The van der Waals surface area contributed by atoms with Crippen molar-refractivity contribution in [1.29, 1.82) is 0 Å². The van der Waals surface area contributed by atoms with Gasteiger partial charge in [0, 0.05) is 6.04 Å². The van der Waals surface area contributed by atoms with Gasteiger partial charge in [0.05, 0.1) is 6.04 Å². The Morgan fingerprint density at radius 3 is 2.56 bits per heavy atom. The summed E-state index contributed by atoms with van der Waals surface area (Å²) in [6.45, 7) is 0. The van der Waals surface area contributed by atoms with Gasteiger partial charge >= 0.3 is 0 Å². The second-order valence-corrected chi connectivity index (χ2v) is 3.12. The first-order chi connectivity index (χ1) is 4.34. The standard InChI is InChI=1S/C7H11NO/c1-8-6(4-9)7(8)5-2-3-5/h4-7H,2-3H2,1H3. The van der Waals surface area contributed by atoms with Crippen LogP contribution in [0.4, 0.5) is 0 Å². The van der Waals surface area contributed by atoms with Crippen molar-refractivity contribution in [2.24, 2.45) is 5.92 Å². The molecule has 1 aliphatic heterocycles. The summed E-state index contributed by atoms with van der Waals surface area (Å²) in [7, 11) is 2.03. The Bertz CT molecular complexity index is 142. The molecule has 9 heavy (non-hydrogen) atoms. The van der Waals surface area contributed by atoms with Gasteiger partial charge in [0.1, 0.15) is 6.29 Å². The van der Waals surface area contributed by atoms with Crippen LogP contribution in [0.3, 0.4) is 0 Å². The molecule has 0 N–H and O–H groups in total. The van der Waals surface area contributed by atoms with E-state index in [9.17, 15) is 4.79 Å². The Kier molecular flexibility index (Phi) is 0.943. The first kappa shape index (κ1) is 5.42. The molecule has 0 spiro atoms. The number of hydrogen-bond donors (Lipinski definition) is 0. The maximum atomic E-state index is 10.3. The van der Waals surface area contributed by atoms with Crippen LogP contribution in [0.1, 0.15) is 12.8 Å². The van der Waals surface area contributed by atoms with Crippen LogP contribution < -0.4 is 0 Å². The predicted molar refractivity (Wildman–Crippen MR) is 34.1 cm³/mol. The highest BCUT2D eigenvalue weighted by Gasteiger charge is 2.52. The van der Waals surface area contributed by atoms with Crippen molar-refractivity contribution in [3.63, 3.8) is 0 Å². The number of likely N-dealkylation sites (N-methyl/N-ethyl adjacent to an activating group) is 1. The third kappa shape index (κ3) is 0.697. The van der Waals surface area contributed by atoms with Crippen LogP contribution in [0.2, 0.25) is 0 Å². The molecule has 0 amide bonds. The van der Waals surface area contributed by atoms with Crippen molar-refractivity contribution >= 4 is 6.29 Å². The Hall–Kier alpha value is -0.370. The molecule has 1 saturated heterocycles. The highest BCUT2D eigenvalue weighted by atomic mass is 16.1. The Morgan fingerprint density at radius 1 is 1.56 bits per heavy atom. The fourth-order valence-electron chi connectivity index (χ4n) is 1.61. The Labute approximate surface area is 54.8 Å². The van der Waals surface area contributed by atoms with Crippen molar-refractivity contribution in [3.8, 4) is 0 Å². The fourth-order valence-corrected chi connectivity index (χ4v) is 1.61. The molecule has 0 aromatic rings. The Morgan fingerprint density at radius 2 is 2.22 bits per heavy atom. The van der Waals surface area contributed by atoms with E-state index in [1.165, 1.54) is 12.8 Å². The third-order valence-corrected chi connectivity index (χ3v) is 2.45. The summed E-state index contributed by atoms with van der Waals surface area (Å²) in [5.74, 6) is 0.866. The molecule has 1 heterocycles. The molecule has 2 heteroatoms. The van der Waals surface area contributed by atoms with Gasteiger partial charge in [-0.15, -0.1) is 0 Å². The molecule has 0 radical (unpaired) electrons. The van der Waals surface area contributed by atoms with Crippen molar-refractivity contribution in [2.45, 2.75) is 24.9 Å². The van der Waals surface area contributed by atoms with Gasteiger partial charge in [-0.05, 0) is 25.8 Å². The van der Waals surface area contributed by atoms with Crippen LogP contribution >= 0.6 is 0 Å². The molecule has 2 fully saturated rings. The van der Waals surface area contributed by atoms with Crippen LogP contribution in [-0.4, -0.2) is 30.3 Å². The Balaban J connectivity index is 1.94. The molecule has 2 rings (SSSR count). The maximum absolute atomic E-state index is 10.3. The largest absolute Gasteiger partial charge is 0.302 e. The minimum atomic E-state index is 0.275. The molecule has 0 bridgehead atoms. The van der Waals surface area contributed by atoms with Gasteiger partial charge in [-0.2, -0.15) is 0 Å². The smallest absolute Gasteiger partial charge is 0.138 e. The van der Waals surface area contributed by atoms with Crippen LogP contribution in [0.5, 0.6) is 0 Å². The van der Waals surface area contributed by atoms with Crippen molar-refractivity contribution < 1.29 is 4.79 Å². The lowest BCUT2D eigenvalue weighted by Gasteiger charge is -1.85. The van der Waals surface area contributed by atoms with Crippen LogP contribution in [0.15, 0.2) is 0 Å². The van der Waals surface area contributed by atoms with Gasteiger partial charge in [-0.3, -0.25) is 4.90 Å². The van der Waals surface area contributed by atoms with Crippen molar-refractivity contribution in [2.75, 3.05) is 7.05 Å². The average molecular weight is 125 g/mol. The minimum Gasteiger partial charge on any atom is -0.302 e. The second-order valence-electron chi connectivity index (χ2n) is 3.12. The van der Waals surface area contributed by atoms with Crippen molar-refractivity contribution in [3.05, 3.63) is 0 Å². The van der Waals surface area contributed by atoms with E-state index in [-0.39, 0.29) is 6.04 Å². The number of carbonyl (C=O) groups excluding carboxylic acids is 1. The zero-order valence-corrected chi connectivity index (χ0v) is 5.58. The van der Waals surface area contributed by atoms with Gasteiger partial charge in [0.25, 0.3) is 0 Å². The maximum Gasteiger partial charge on any atom is 0.138 e. The molecular formula is C7H11NO. The number of aldehydes is 1. The molecule has 0 aromatic carbocycles. The van der Waals surface area contributed by atoms with Crippen molar-refractivity contribution in [1.82, 2.24) is 4.90 Å². The summed E-state index contributed by atoms with van der Waals surface area (Å²) in [5, 5.41) is 0. The van der Waals surface area contributed by atoms with Gasteiger partial charge in [-0.1, -0.05) is 0 Å². The van der Waals surface area contributed by atoms with Gasteiger partial charge < -0.3 is 4.79 Å². The van der Waals surface area contributed by atoms with Gasteiger partial charge in [0.15, 0.2) is 0 Å². The topological polar surface area (TPSA) is 20.1 Å². The quantitative estimate of drug-likeness (QED) is 0.390. The molecule has 2 nitrogen and oxygen atoms in total. The molecule has 2 aliphatic rings. The average Bonchev–Trinajstić information content (AvgIpc) is 2.61. The first-order valence-electron chi connectivity index (χ1n) is 3.52. The number of carbonyl (C=O) groups is 1. The molecule has 1 saturated carbocycles. The normalized spacial score (nSPS) is 48.8. The molecular weight excluding hydrogens is 114 g/mol. The SMILES string of the molecule is CN1C(C=O)C1C1CC1. The third-order valence-electron chi connectivity index (χ3n) is 2.45. The zero-order valence-electron chi connectivity index (χ0n) is 5.58.